The lowest BCUT2D eigenvalue weighted by molar-refractivity contribution is 0.197. The van der Waals surface area contributed by atoms with E-state index in [2.05, 4.69) is 5.32 Å². The molecule has 1 atom stereocenters. The van der Waals surface area contributed by atoms with E-state index < -0.39 is 0 Å². The summed E-state index contributed by atoms with van der Waals surface area (Å²) in [5.41, 5.74) is 1.43. The maximum absolute atomic E-state index is 12.5. The zero-order valence-corrected chi connectivity index (χ0v) is 14.4. The number of amides is 2. The average molecular weight is 353 g/mol. The van der Waals surface area contributed by atoms with Crippen molar-refractivity contribution in [3.05, 3.63) is 58.1 Å². The fourth-order valence-electron chi connectivity index (χ4n) is 2.33. The molecule has 23 heavy (non-hydrogen) atoms. The van der Waals surface area contributed by atoms with Gasteiger partial charge in [0, 0.05) is 12.2 Å². The predicted molar refractivity (Wildman–Crippen MR) is 94.4 cm³/mol. The predicted octanol–water partition coefficient (Wildman–Crippen LogP) is 5.31. The number of anilines is 1. The number of urea groups is 1. The molecule has 4 nitrogen and oxygen atoms in total. The van der Waals surface area contributed by atoms with Crippen molar-refractivity contribution in [1.82, 2.24) is 4.90 Å². The number of hydrogen-bond donors (Lipinski definition) is 2. The minimum atomic E-state index is -0.248. The summed E-state index contributed by atoms with van der Waals surface area (Å²) in [7, 11) is 0. The average Bonchev–Trinajstić information content (AvgIpc) is 2.51. The van der Waals surface area contributed by atoms with Crippen molar-refractivity contribution in [2.45, 2.75) is 19.9 Å². The molecule has 122 valence electrons. The van der Waals surface area contributed by atoms with Crippen molar-refractivity contribution < 1.29 is 9.90 Å². The Morgan fingerprint density at radius 2 is 1.96 bits per heavy atom. The van der Waals surface area contributed by atoms with E-state index >= 15 is 0 Å². The molecule has 0 aromatic heterocycles. The highest BCUT2D eigenvalue weighted by Crippen LogP contribution is 2.27. The lowest BCUT2D eigenvalue weighted by Crippen LogP contribution is -2.36. The van der Waals surface area contributed by atoms with E-state index in [0.29, 0.717) is 22.3 Å². The molecule has 0 radical (unpaired) electrons. The summed E-state index contributed by atoms with van der Waals surface area (Å²) in [6.45, 7) is 4.32. The number of nitrogens with one attached hydrogen (secondary N) is 1. The van der Waals surface area contributed by atoms with Gasteiger partial charge in [0.1, 0.15) is 5.75 Å². The van der Waals surface area contributed by atoms with Crippen LogP contribution in [0.5, 0.6) is 5.75 Å². The summed E-state index contributed by atoms with van der Waals surface area (Å²) in [4.78, 5) is 14.2. The number of phenols is 1. The third-order valence-electron chi connectivity index (χ3n) is 3.59. The lowest BCUT2D eigenvalue weighted by Gasteiger charge is -2.28. The SMILES string of the molecule is CCN(C(=O)Nc1ccc(Cl)c(Cl)c1)C(C)c1cccc(O)c1. The van der Waals surface area contributed by atoms with Crippen LogP contribution in [0.25, 0.3) is 0 Å². The van der Waals surface area contributed by atoms with Crippen LogP contribution in [0.2, 0.25) is 10.0 Å². The van der Waals surface area contributed by atoms with Gasteiger partial charge in [-0.25, -0.2) is 4.79 Å². The topological polar surface area (TPSA) is 52.6 Å². The Labute approximate surface area is 145 Å². The van der Waals surface area contributed by atoms with Crippen molar-refractivity contribution in [3.8, 4) is 5.75 Å². The van der Waals surface area contributed by atoms with Crippen LogP contribution in [0.3, 0.4) is 0 Å². The van der Waals surface area contributed by atoms with E-state index in [1.165, 1.54) is 0 Å². The first-order valence-electron chi connectivity index (χ1n) is 7.24. The van der Waals surface area contributed by atoms with Gasteiger partial charge in [0.25, 0.3) is 0 Å². The van der Waals surface area contributed by atoms with Gasteiger partial charge >= 0.3 is 6.03 Å². The molecule has 2 amide bonds. The van der Waals surface area contributed by atoms with E-state index in [0.717, 1.165) is 5.56 Å². The van der Waals surface area contributed by atoms with Crippen molar-refractivity contribution in [2.75, 3.05) is 11.9 Å². The minimum Gasteiger partial charge on any atom is -0.508 e. The first-order valence-corrected chi connectivity index (χ1v) is 7.99. The van der Waals surface area contributed by atoms with Crippen LogP contribution in [-0.4, -0.2) is 22.6 Å². The van der Waals surface area contributed by atoms with Crippen LogP contribution in [0.1, 0.15) is 25.5 Å². The molecule has 1 unspecified atom stereocenters. The van der Waals surface area contributed by atoms with Gasteiger partial charge in [-0.3, -0.25) is 0 Å². The highest BCUT2D eigenvalue weighted by molar-refractivity contribution is 6.42. The highest BCUT2D eigenvalue weighted by Gasteiger charge is 2.20. The second-order valence-electron chi connectivity index (χ2n) is 5.12. The molecule has 0 aliphatic carbocycles. The summed E-state index contributed by atoms with van der Waals surface area (Å²) in [6.07, 6.45) is 0. The Balaban J connectivity index is 2.16. The second-order valence-corrected chi connectivity index (χ2v) is 5.93. The largest absolute Gasteiger partial charge is 0.508 e. The molecule has 2 aromatic rings. The van der Waals surface area contributed by atoms with Crippen LogP contribution in [0.4, 0.5) is 10.5 Å². The van der Waals surface area contributed by atoms with Crippen molar-refractivity contribution in [2.24, 2.45) is 0 Å². The molecule has 0 fully saturated rings. The molecule has 0 aliphatic heterocycles. The molecular formula is C17H18Cl2N2O2. The highest BCUT2D eigenvalue weighted by atomic mass is 35.5. The van der Waals surface area contributed by atoms with Gasteiger partial charge < -0.3 is 15.3 Å². The number of rotatable bonds is 4. The normalized spacial score (nSPS) is 11.8. The Morgan fingerprint density at radius 1 is 1.22 bits per heavy atom. The summed E-state index contributed by atoms with van der Waals surface area (Å²) in [6, 6.07) is 11.4. The fourth-order valence-corrected chi connectivity index (χ4v) is 2.63. The molecule has 0 heterocycles. The molecule has 6 heteroatoms. The molecule has 0 saturated carbocycles. The molecule has 0 saturated heterocycles. The Bertz CT molecular complexity index is 707. The number of phenolic OH excluding ortho intramolecular Hbond substituents is 1. The molecule has 2 N–H and O–H groups in total. The standard InChI is InChI=1S/C17H18Cl2N2O2/c1-3-21(11(2)12-5-4-6-14(22)9-12)17(23)20-13-7-8-15(18)16(19)10-13/h4-11,22H,3H2,1-2H3,(H,20,23). The van der Waals surface area contributed by atoms with E-state index in [4.69, 9.17) is 23.2 Å². The third-order valence-corrected chi connectivity index (χ3v) is 4.33. The number of carbonyl (C=O) groups is 1. The number of hydrogen-bond acceptors (Lipinski definition) is 2. The number of aromatic hydroxyl groups is 1. The first kappa shape index (κ1) is 17.4. The van der Waals surface area contributed by atoms with Gasteiger partial charge in [-0.2, -0.15) is 0 Å². The summed E-state index contributed by atoms with van der Waals surface area (Å²) in [5, 5.41) is 13.2. The zero-order valence-electron chi connectivity index (χ0n) is 12.9. The fraction of sp³-hybridized carbons (Fsp3) is 0.235. The number of nitrogens with zero attached hydrogens (tertiary/aromatic N) is 1. The molecule has 0 aliphatic rings. The van der Waals surface area contributed by atoms with E-state index in [1.807, 2.05) is 19.9 Å². The van der Waals surface area contributed by atoms with Crippen molar-refractivity contribution in [3.63, 3.8) is 0 Å². The van der Waals surface area contributed by atoms with Crippen LogP contribution in [-0.2, 0) is 0 Å². The van der Waals surface area contributed by atoms with Gasteiger partial charge in [-0.1, -0.05) is 35.3 Å². The van der Waals surface area contributed by atoms with Crippen molar-refractivity contribution in [1.29, 1.82) is 0 Å². The Hall–Kier alpha value is -1.91. The maximum Gasteiger partial charge on any atom is 0.322 e. The van der Waals surface area contributed by atoms with Gasteiger partial charge in [-0.05, 0) is 49.7 Å². The van der Waals surface area contributed by atoms with Gasteiger partial charge in [0.15, 0.2) is 0 Å². The smallest absolute Gasteiger partial charge is 0.322 e. The van der Waals surface area contributed by atoms with Crippen LogP contribution in [0.15, 0.2) is 42.5 Å². The van der Waals surface area contributed by atoms with Gasteiger partial charge in [-0.15, -0.1) is 0 Å². The quantitative estimate of drug-likeness (QED) is 0.782. The van der Waals surface area contributed by atoms with E-state index in [-0.39, 0.29) is 17.8 Å². The summed E-state index contributed by atoms with van der Waals surface area (Å²) >= 11 is 11.8. The molecule has 2 rings (SSSR count). The van der Waals surface area contributed by atoms with Gasteiger partial charge in [0.05, 0.1) is 16.1 Å². The molecule has 2 aromatic carbocycles. The van der Waals surface area contributed by atoms with Crippen LogP contribution >= 0.6 is 23.2 Å². The van der Waals surface area contributed by atoms with E-state index in [1.54, 1.807) is 41.3 Å². The Kier molecular flexibility index (Phi) is 5.74. The molecule has 0 spiro atoms. The van der Waals surface area contributed by atoms with Gasteiger partial charge in [0.2, 0.25) is 0 Å². The number of carbonyl (C=O) groups excluding carboxylic acids is 1. The maximum atomic E-state index is 12.5. The first-order chi connectivity index (χ1) is 10.9. The lowest BCUT2D eigenvalue weighted by atomic mass is 10.1. The minimum absolute atomic E-state index is 0.176. The van der Waals surface area contributed by atoms with Crippen LogP contribution < -0.4 is 5.32 Å². The monoisotopic (exact) mass is 352 g/mol. The number of benzene rings is 2. The second kappa shape index (κ2) is 7.57. The molecule has 0 bridgehead atoms. The summed E-state index contributed by atoms with van der Waals surface area (Å²) < 4.78 is 0. The zero-order chi connectivity index (χ0) is 17.0. The van der Waals surface area contributed by atoms with Crippen molar-refractivity contribution >= 4 is 34.9 Å². The summed E-state index contributed by atoms with van der Waals surface area (Å²) in [5.74, 6) is 0.176. The van der Waals surface area contributed by atoms with Crippen LogP contribution in [0, 0.1) is 0 Å². The Morgan fingerprint density at radius 3 is 2.57 bits per heavy atom. The number of halogens is 2. The molecular weight excluding hydrogens is 335 g/mol. The third kappa shape index (κ3) is 4.30. The van der Waals surface area contributed by atoms with E-state index in [9.17, 15) is 9.90 Å².